The molecule has 0 saturated carbocycles. The Bertz CT molecular complexity index is 637. The zero-order chi connectivity index (χ0) is 14.7. The van der Waals surface area contributed by atoms with Crippen LogP contribution in [0.1, 0.15) is 39.2 Å². The van der Waals surface area contributed by atoms with Gasteiger partial charge in [-0.3, -0.25) is 4.79 Å². The van der Waals surface area contributed by atoms with E-state index >= 15 is 0 Å². The van der Waals surface area contributed by atoms with Crippen LogP contribution in [-0.4, -0.2) is 24.0 Å². The number of rotatable bonds is 5. The molecule has 0 bridgehead atoms. The third-order valence-corrected chi connectivity index (χ3v) is 2.91. The van der Waals surface area contributed by atoms with Gasteiger partial charge < -0.3 is 14.3 Å². The SMILES string of the molecule is COc1ccc(Cc2oc(C(C)=O)cc2C(=O)O)cc1. The van der Waals surface area contributed by atoms with E-state index in [9.17, 15) is 9.59 Å². The number of benzene rings is 1. The fourth-order valence-corrected chi connectivity index (χ4v) is 1.84. The van der Waals surface area contributed by atoms with Crippen LogP contribution in [0, 0.1) is 0 Å². The summed E-state index contributed by atoms with van der Waals surface area (Å²) in [6, 6.07) is 8.47. The first-order valence-electron chi connectivity index (χ1n) is 6.01. The number of carbonyl (C=O) groups excluding carboxylic acids is 1. The van der Waals surface area contributed by atoms with Crippen molar-refractivity contribution in [3.8, 4) is 5.75 Å². The summed E-state index contributed by atoms with van der Waals surface area (Å²) in [5.41, 5.74) is 0.892. The maximum Gasteiger partial charge on any atom is 0.339 e. The minimum atomic E-state index is -1.11. The molecule has 0 fully saturated rings. The Morgan fingerprint density at radius 2 is 1.90 bits per heavy atom. The zero-order valence-corrected chi connectivity index (χ0v) is 11.2. The molecule has 0 radical (unpaired) electrons. The number of furan rings is 1. The monoisotopic (exact) mass is 274 g/mol. The highest BCUT2D eigenvalue weighted by atomic mass is 16.5. The topological polar surface area (TPSA) is 76.7 Å². The molecule has 2 rings (SSSR count). The van der Waals surface area contributed by atoms with E-state index in [1.807, 2.05) is 12.1 Å². The molecule has 0 aliphatic carbocycles. The summed E-state index contributed by atoms with van der Waals surface area (Å²) in [5.74, 6) is -0.354. The largest absolute Gasteiger partial charge is 0.497 e. The van der Waals surface area contributed by atoms with E-state index in [0.717, 1.165) is 11.3 Å². The Morgan fingerprint density at radius 3 is 2.40 bits per heavy atom. The normalized spacial score (nSPS) is 10.3. The van der Waals surface area contributed by atoms with Gasteiger partial charge in [0.15, 0.2) is 11.5 Å². The smallest absolute Gasteiger partial charge is 0.339 e. The summed E-state index contributed by atoms with van der Waals surface area (Å²) >= 11 is 0. The van der Waals surface area contributed by atoms with Gasteiger partial charge in [0, 0.05) is 19.4 Å². The second-order valence-corrected chi connectivity index (χ2v) is 4.33. The van der Waals surface area contributed by atoms with Gasteiger partial charge in [-0.25, -0.2) is 4.79 Å². The maximum absolute atomic E-state index is 11.3. The van der Waals surface area contributed by atoms with E-state index in [1.54, 1.807) is 19.2 Å². The van der Waals surface area contributed by atoms with Crippen molar-refractivity contribution in [2.45, 2.75) is 13.3 Å². The molecule has 104 valence electrons. The lowest BCUT2D eigenvalue weighted by Gasteiger charge is -2.02. The number of hydrogen-bond acceptors (Lipinski definition) is 4. The predicted molar refractivity (Wildman–Crippen MR) is 71.5 cm³/mol. The molecule has 1 heterocycles. The molecule has 1 aromatic carbocycles. The second kappa shape index (κ2) is 5.61. The van der Waals surface area contributed by atoms with E-state index in [1.165, 1.54) is 13.0 Å². The first-order valence-corrected chi connectivity index (χ1v) is 6.01. The summed E-state index contributed by atoms with van der Waals surface area (Å²) in [6.07, 6.45) is 0.304. The third kappa shape index (κ3) is 2.88. The van der Waals surface area contributed by atoms with E-state index in [4.69, 9.17) is 14.3 Å². The number of carbonyl (C=O) groups is 2. The van der Waals surface area contributed by atoms with Gasteiger partial charge in [0.1, 0.15) is 17.1 Å². The molecule has 20 heavy (non-hydrogen) atoms. The van der Waals surface area contributed by atoms with Crippen LogP contribution in [-0.2, 0) is 6.42 Å². The van der Waals surface area contributed by atoms with Crippen molar-refractivity contribution in [2.24, 2.45) is 0 Å². The third-order valence-electron chi connectivity index (χ3n) is 2.91. The summed E-state index contributed by atoms with van der Waals surface area (Å²) < 4.78 is 10.4. The van der Waals surface area contributed by atoms with Crippen LogP contribution in [0.15, 0.2) is 34.7 Å². The average Bonchev–Trinajstić information content (AvgIpc) is 2.84. The van der Waals surface area contributed by atoms with Crippen molar-refractivity contribution in [1.82, 2.24) is 0 Å². The molecule has 0 saturated heterocycles. The van der Waals surface area contributed by atoms with E-state index in [-0.39, 0.29) is 22.9 Å². The Labute approximate surface area is 115 Å². The van der Waals surface area contributed by atoms with E-state index in [0.29, 0.717) is 6.42 Å². The predicted octanol–water partition coefficient (Wildman–Crippen LogP) is 2.78. The van der Waals surface area contributed by atoms with Gasteiger partial charge in [0.25, 0.3) is 0 Å². The Kier molecular flexibility index (Phi) is 3.89. The number of ketones is 1. The molecule has 2 aromatic rings. The number of carboxylic acids is 1. The van der Waals surface area contributed by atoms with Crippen LogP contribution in [0.25, 0.3) is 0 Å². The van der Waals surface area contributed by atoms with Crippen molar-refractivity contribution in [1.29, 1.82) is 0 Å². The minimum absolute atomic E-state index is 0.0195. The van der Waals surface area contributed by atoms with Gasteiger partial charge in [0.2, 0.25) is 0 Å². The quantitative estimate of drug-likeness (QED) is 0.848. The lowest BCUT2D eigenvalue weighted by atomic mass is 10.1. The number of carboxylic acid groups (broad SMARTS) is 1. The Morgan fingerprint density at radius 1 is 1.25 bits per heavy atom. The lowest BCUT2D eigenvalue weighted by molar-refractivity contribution is 0.0694. The number of aromatic carboxylic acids is 1. The number of hydrogen-bond donors (Lipinski definition) is 1. The molecular formula is C15H14O5. The molecule has 0 amide bonds. The first-order chi connectivity index (χ1) is 9.51. The van der Waals surface area contributed by atoms with Crippen LogP contribution < -0.4 is 4.74 Å². The van der Waals surface area contributed by atoms with Crippen LogP contribution in [0.5, 0.6) is 5.75 Å². The van der Waals surface area contributed by atoms with Gasteiger partial charge in [-0.2, -0.15) is 0 Å². The van der Waals surface area contributed by atoms with Crippen molar-refractivity contribution in [2.75, 3.05) is 7.11 Å². The summed E-state index contributed by atoms with van der Waals surface area (Å²) in [6.45, 7) is 1.33. The average molecular weight is 274 g/mol. The van der Waals surface area contributed by atoms with Gasteiger partial charge >= 0.3 is 5.97 Å². The second-order valence-electron chi connectivity index (χ2n) is 4.33. The van der Waals surface area contributed by atoms with E-state index < -0.39 is 5.97 Å². The van der Waals surface area contributed by atoms with Crippen molar-refractivity contribution < 1.29 is 23.8 Å². The van der Waals surface area contributed by atoms with Crippen LogP contribution >= 0.6 is 0 Å². The zero-order valence-electron chi connectivity index (χ0n) is 11.2. The van der Waals surface area contributed by atoms with Crippen LogP contribution in [0.3, 0.4) is 0 Å². The fraction of sp³-hybridized carbons (Fsp3) is 0.200. The fourth-order valence-electron chi connectivity index (χ4n) is 1.84. The van der Waals surface area contributed by atoms with Crippen LogP contribution in [0.4, 0.5) is 0 Å². The molecule has 0 spiro atoms. The van der Waals surface area contributed by atoms with Gasteiger partial charge in [-0.15, -0.1) is 0 Å². The molecule has 1 aromatic heterocycles. The van der Waals surface area contributed by atoms with Crippen molar-refractivity contribution in [3.63, 3.8) is 0 Å². The first kappa shape index (κ1) is 13.9. The summed E-state index contributed by atoms with van der Waals surface area (Å²) in [5, 5.41) is 9.13. The van der Waals surface area contributed by atoms with Crippen molar-refractivity contribution in [3.05, 3.63) is 53.0 Å². The van der Waals surface area contributed by atoms with E-state index in [2.05, 4.69) is 0 Å². The minimum Gasteiger partial charge on any atom is -0.497 e. The molecule has 0 aliphatic heterocycles. The molecule has 5 nitrogen and oxygen atoms in total. The molecule has 5 heteroatoms. The van der Waals surface area contributed by atoms with Crippen molar-refractivity contribution >= 4 is 11.8 Å². The Hall–Kier alpha value is -2.56. The molecular weight excluding hydrogens is 260 g/mol. The molecule has 0 atom stereocenters. The highest BCUT2D eigenvalue weighted by molar-refractivity contribution is 5.96. The Balaban J connectivity index is 2.31. The number of methoxy groups -OCH3 is 1. The summed E-state index contributed by atoms with van der Waals surface area (Å²) in [7, 11) is 1.57. The standard InChI is InChI=1S/C15H14O5/c1-9(16)13-8-12(15(17)18)14(20-13)7-10-3-5-11(19-2)6-4-10/h3-6,8H,7H2,1-2H3,(H,17,18). The highest BCUT2D eigenvalue weighted by Crippen LogP contribution is 2.21. The highest BCUT2D eigenvalue weighted by Gasteiger charge is 2.19. The lowest BCUT2D eigenvalue weighted by Crippen LogP contribution is -1.99. The van der Waals surface area contributed by atoms with Crippen LogP contribution in [0.2, 0.25) is 0 Å². The summed E-state index contributed by atoms with van der Waals surface area (Å²) in [4.78, 5) is 22.4. The van der Waals surface area contributed by atoms with Gasteiger partial charge in [-0.05, 0) is 17.7 Å². The molecule has 0 unspecified atom stereocenters. The molecule has 1 N–H and O–H groups in total. The van der Waals surface area contributed by atoms with Gasteiger partial charge in [0.05, 0.1) is 7.11 Å². The number of Topliss-reactive ketones (excluding diaryl/α,β-unsaturated/α-hetero) is 1. The maximum atomic E-state index is 11.3. The van der Waals surface area contributed by atoms with Gasteiger partial charge in [-0.1, -0.05) is 12.1 Å². The molecule has 0 aliphatic rings. The number of ether oxygens (including phenoxy) is 1.